The number of aliphatic hydroxyl groups excluding tert-OH is 1. The molecule has 0 aliphatic heterocycles. The lowest BCUT2D eigenvalue weighted by Gasteiger charge is -2.02. The molecule has 0 aromatic carbocycles. The Balaban J connectivity index is 2.28. The van der Waals surface area contributed by atoms with E-state index in [2.05, 4.69) is 19.4 Å². The van der Waals surface area contributed by atoms with Crippen LogP contribution in [0.25, 0.3) is 0 Å². The number of hydrogen-bond acceptors (Lipinski definition) is 6. The van der Waals surface area contributed by atoms with Gasteiger partial charge in [-0.1, -0.05) is 5.16 Å². The third kappa shape index (κ3) is 3.81. The molecule has 0 spiro atoms. The van der Waals surface area contributed by atoms with Crippen molar-refractivity contribution in [2.24, 2.45) is 0 Å². The van der Waals surface area contributed by atoms with Crippen molar-refractivity contribution in [3.63, 3.8) is 0 Å². The topological polar surface area (TPSA) is 105 Å². The Hall–Kier alpha value is -0.990. The molecule has 80 valence electrons. The average molecular weight is 221 g/mol. The molecule has 0 bridgehead atoms. The number of nitrogens with one attached hydrogen (secondary N) is 1. The van der Waals surface area contributed by atoms with E-state index in [4.69, 9.17) is 5.11 Å². The maximum absolute atomic E-state index is 11.0. The molecule has 2 N–H and O–H groups in total. The Labute approximate surface area is 81.2 Å². The van der Waals surface area contributed by atoms with Crippen LogP contribution in [0.15, 0.2) is 10.9 Å². The van der Waals surface area contributed by atoms with Gasteiger partial charge in [-0.2, -0.15) is 4.98 Å². The SMILES string of the molecule is O=S(=O)(CCO)NCCc1ncon1. The quantitative estimate of drug-likeness (QED) is 0.607. The van der Waals surface area contributed by atoms with E-state index in [0.29, 0.717) is 12.2 Å². The summed E-state index contributed by atoms with van der Waals surface area (Å²) >= 11 is 0. The largest absolute Gasteiger partial charge is 0.395 e. The van der Waals surface area contributed by atoms with Gasteiger partial charge in [-0.25, -0.2) is 13.1 Å². The van der Waals surface area contributed by atoms with Crippen molar-refractivity contribution in [3.05, 3.63) is 12.2 Å². The Morgan fingerprint density at radius 2 is 2.36 bits per heavy atom. The van der Waals surface area contributed by atoms with Gasteiger partial charge in [0.05, 0.1) is 12.4 Å². The first-order chi connectivity index (χ1) is 6.64. The average Bonchev–Trinajstić information content (AvgIpc) is 2.56. The minimum atomic E-state index is -3.37. The zero-order valence-electron chi connectivity index (χ0n) is 7.38. The van der Waals surface area contributed by atoms with E-state index in [1.807, 2.05) is 0 Å². The molecular formula is C6H11N3O4S. The highest BCUT2D eigenvalue weighted by molar-refractivity contribution is 7.89. The van der Waals surface area contributed by atoms with Crippen LogP contribution in [0, 0.1) is 0 Å². The zero-order valence-corrected chi connectivity index (χ0v) is 8.20. The Morgan fingerprint density at radius 1 is 1.57 bits per heavy atom. The van der Waals surface area contributed by atoms with E-state index < -0.39 is 16.6 Å². The fourth-order valence-electron chi connectivity index (χ4n) is 0.813. The summed E-state index contributed by atoms with van der Waals surface area (Å²) in [5.74, 6) is 0.149. The minimum absolute atomic E-state index is 0.196. The Kier molecular flexibility index (Phi) is 3.98. The van der Waals surface area contributed by atoms with Gasteiger partial charge in [-0.3, -0.25) is 0 Å². The Morgan fingerprint density at radius 3 is 2.93 bits per heavy atom. The van der Waals surface area contributed by atoms with Crippen LogP contribution in [0.1, 0.15) is 5.82 Å². The maximum Gasteiger partial charge on any atom is 0.213 e. The van der Waals surface area contributed by atoms with Crippen molar-refractivity contribution in [3.8, 4) is 0 Å². The zero-order chi connectivity index (χ0) is 10.4. The van der Waals surface area contributed by atoms with Crippen LogP contribution in [-0.2, 0) is 16.4 Å². The second-order valence-electron chi connectivity index (χ2n) is 2.53. The highest BCUT2D eigenvalue weighted by Gasteiger charge is 2.08. The predicted octanol–water partition coefficient (Wildman–Crippen LogP) is -1.48. The number of nitrogens with zero attached hydrogens (tertiary/aromatic N) is 2. The molecule has 8 heteroatoms. The van der Waals surface area contributed by atoms with Gasteiger partial charge in [0.2, 0.25) is 16.4 Å². The molecule has 1 aromatic rings. The van der Waals surface area contributed by atoms with Crippen LogP contribution in [0.4, 0.5) is 0 Å². The monoisotopic (exact) mass is 221 g/mol. The van der Waals surface area contributed by atoms with Gasteiger partial charge < -0.3 is 9.63 Å². The third-order valence-corrected chi connectivity index (χ3v) is 2.80. The van der Waals surface area contributed by atoms with E-state index in [1.165, 1.54) is 6.39 Å². The first-order valence-electron chi connectivity index (χ1n) is 3.97. The summed E-state index contributed by atoms with van der Waals surface area (Å²) in [6.07, 6.45) is 1.54. The highest BCUT2D eigenvalue weighted by Crippen LogP contribution is 1.90. The van der Waals surface area contributed by atoms with Crippen molar-refractivity contribution >= 4 is 10.0 Å². The lowest BCUT2D eigenvalue weighted by molar-refractivity contribution is 0.319. The van der Waals surface area contributed by atoms with E-state index in [0.717, 1.165) is 0 Å². The van der Waals surface area contributed by atoms with Crippen molar-refractivity contribution in [1.29, 1.82) is 0 Å². The summed E-state index contributed by atoms with van der Waals surface area (Å²) < 4.78 is 28.8. The Bertz CT molecular complexity index is 347. The minimum Gasteiger partial charge on any atom is -0.395 e. The molecule has 1 heterocycles. The van der Waals surface area contributed by atoms with Gasteiger partial charge in [0.1, 0.15) is 0 Å². The lowest BCUT2D eigenvalue weighted by Crippen LogP contribution is -2.29. The van der Waals surface area contributed by atoms with Gasteiger partial charge >= 0.3 is 0 Å². The van der Waals surface area contributed by atoms with E-state index in [-0.39, 0.29) is 12.3 Å². The number of aliphatic hydroxyl groups is 1. The fourth-order valence-corrected chi connectivity index (χ4v) is 1.61. The second-order valence-corrected chi connectivity index (χ2v) is 4.46. The molecule has 7 nitrogen and oxygen atoms in total. The van der Waals surface area contributed by atoms with Gasteiger partial charge in [0, 0.05) is 13.0 Å². The van der Waals surface area contributed by atoms with Crippen molar-refractivity contribution in [2.45, 2.75) is 6.42 Å². The summed E-state index contributed by atoms with van der Waals surface area (Å²) in [6, 6.07) is 0. The summed E-state index contributed by atoms with van der Waals surface area (Å²) in [5, 5.41) is 11.9. The molecule has 0 radical (unpaired) electrons. The van der Waals surface area contributed by atoms with Gasteiger partial charge in [-0.15, -0.1) is 0 Å². The second kappa shape index (κ2) is 5.03. The molecule has 0 aliphatic carbocycles. The number of rotatable bonds is 6. The molecule has 1 aromatic heterocycles. The van der Waals surface area contributed by atoms with E-state index >= 15 is 0 Å². The summed E-state index contributed by atoms with van der Waals surface area (Å²) in [4.78, 5) is 3.72. The maximum atomic E-state index is 11.0. The normalized spacial score (nSPS) is 11.8. The molecule has 0 saturated heterocycles. The van der Waals surface area contributed by atoms with Crippen LogP contribution in [-0.4, -0.2) is 42.6 Å². The predicted molar refractivity (Wildman–Crippen MR) is 46.9 cm³/mol. The van der Waals surface area contributed by atoms with Crippen molar-refractivity contribution in [1.82, 2.24) is 14.9 Å². The molecule has 0 fully saturated rings. The van der Waals surface area contributed by atoms with Crippen LogP contribution in [0.5, 0.6) is 0 Å². The number of aromatic nitrogens is 2. The van der Waals surface area contributed by atoms with E-state index in [9.17, 15) is 8.42 Å². The number of hydrogen-bond donors (Lipinski definition) is 2. The fraction of sp³-hybridized carbons (Fsp3) is 0.667. The number of sulfonamides is 1. The first kappa shape index (κ1) is 11.1. The van der Waals surface area contributed by atoms with E-state index in [1.54, 1.807) is 0 Å². The summed E-state index contributed by atoms with van der Waals surface area (Å²) in [6.45, 7) is -0.195. The first-order valence-corrected chi connectivity index (χ1v) is 5.63. The van der Waals surface area contributed by atoms with Crippen molar-refractivity contribution < 1.29 is 18.0 Å². The summed E-state index contributed by atoms with van der Waals surface area (Å²) in [7, 11) is -3.37. The van der Waals surface area contributed by atoms with Crippen LogP contribution >= 0.6 is 0 Å². The molecule has 0 unspecified atom stereocenters. The van der Waals surface area contributed by atoms with Crippen LogP contribution in [0.3, 0.4) is 0 Å². The van der Waals surface area contributed by atoms with Gasteiger partial charge in [0.15, 0.2) is 5.82 Å². The molecule has 0 amide bonds. The standard InChI is InChI=1S/C6H11N3O4S/c10-3-4-14(11,12)8-2-1-6-7-5-13-9-6/h5,8,10H,1-4H2. The van der Waals surface area contributed by atoms with Gasteiger partial charge in [0.25, 0.3) is 0 Å². The molecule has 0 atom stereocenters. The third-order valence-electron chi connectivity index (χ3n) is 1.44. The van der Waals surface area contributed by atoms with Crippen molar-refractivity contribution in [2.75, 3.05) is 18.9 Å². The molecular weight excluding hydrogens is 210 g/mol. The smallest absolute Gasteiger partial charge is 0.213 e. The summed E-state index contributed by atoms with van der Waals surface area (Å²) in [5.41, 5.74) is 0. The highest BCUT2D eigenvalue weighted by atomic mass is 32.2. The molecule has 1 rings (SSSR count). The van der Waals surface area contributed by atoms with Gasteiger partial charge in [-0.05, 0) is 0 Å². The molecule has 0 saturated carbocycles. The van der Waals surface area contributed by atoms with Crippen LogP contribution in [0.2, 0.25) is 0 Å². The molecule has 0 aliphatic rings. The molecule has 14 heavy (non-hydrogen) atoms. The lowest BCUT2D eigenvalue weighted by atomic mass is 10.4. The van der Waals surface area contributed by atoms with Crippen LogP contribution < -0.4 is 4.72 Å².